The van der Waals surface area contributed by atoms with E-state index in [1.54, 1.807) is 0 Å². The van der Waals surface area contributed by atoms with Crippen molar-refractivity contribution < 1.29 is 14.0 Å². The van der Waals surface area contributed by atoms with Crippen LogP contribution in [0.1, 0.15) is 36.0 Å². The highest BCUT2D eigenvalue weighted by atomic mass is 19.1. The zero-order valence-electron chi connectivity index (χ0n) is 9.41. The van der Waals surface area contributed by atoms with Crippen LogP contribution in [0.2, 0.25) is 0 Å². The van der Waals surface area contributed by atoms with Gasteiger partial charge in [0, 0.05) is 18.4 Å². The summed E-state index contributed by atoms with van der Waals surface area (Å²) < 4.78 is 12.7. The lowest BCUT2D eigenvalue weighted by atomic mass is 9.92. The highest BCUT2D eigenvalue weighted by Gasteiger charge is 2.17. The van der Waals surface area contributed by atoms with Crippen LogP contribution in [0, 0.1) is 5.82 Å². The van der Waals surface area contributed by atoms with Gasteiger partial charge in [0.2, 0.25) is 0 Å². The highest BCUT2D eigenvalue weighted by Crippen LogP contribution is 2.19. The molecule has 17 heavy (non-hydrogen) atoms. The minimum atomic E-state index is -0.366. The number of benzene rings is 1. The molecule has 0 heterocycles. The van der Waals surface area contributed by atoms with Gasteiger partial charge in [-0.15, -0.1) is 0 Å². The summed E-state index contributed by atoms with van der Waals surface area (Å²) in [6.45, 7) is 0. The van der Waals surface area contributed by atoms with E-state index in [-0.39, 0.29) is 23.8 Å². The maximum Gasteiger partial charge on any atom is 0.167 e. The Morgan fingerprint density at radius 2 is 1.94 bits per heavy atom. The minimum Gasteiger partial charge on any atom is -0.295 e. The van der Waals surface area contributed by atoms with Crippen LogP contribution in [-0.2, 0) is 4.79 Å². The van der Waals surface area contributed by atoms with Crippen molar-refractivity contribution in [2.24, 2.45) is 0 Å². The number of hydrogen-bond acceptors (Lipinski definition) is 2. The number of ketones is 2. The Hall–Kier alpha value is -1.77. The van der Waals surface area contributed by atoms with Gasteiger partial charge < -0.3 is 0 Å². The number of hydrogen-bond donors (Lipinski definition) is 0. The summed E-state index contributed by atoms with van der Waals surface area (Å²) in [6.07, 6.45) is 4.23. The molecule has 0 aromatic heterocycles. The fourth-order valence-electron chi connectivity index (χ4n) is 1.89. The van der Waals surface area contributed by atoms with E-state index in [2.05, 4.69) is 0 Å². The minimum absolute atomic E-state index is 0.0618. The molecular formula is C14H13FO2. The Morgan fingerprint density at radius 1 is 1.24 bits per heavy atom. The molecule has 1 aliphatic rings. The van der Waals surface area contributed by atoms with Crippen LogP contribution >= 0.6 is 0 Å². The first-order valence-corrected chi connectivity index (χ1v) is 5.68. The second kappa shape index (κ2) is 5.04. The molecule has 0 bridgehead atoms. The first-order valence-electron chi connectivity index (χ1n) is 5.68. The topological polar surface area (TPSA) is 34.1 Å². The average Bonchev–Trinajstić information content (AvgIpc) is 2.33. The van der Waals surface area contributed by atoms with Crippen LogP contribution in [0.4, 0.5) is 4.39 Å². The Labute approximate surface area is 99.1 Å². The van der Waals surface area contributed by atoms with Crippen molar-refractivity contribution in [1.82, 2.24) is 0 Å². The Kier molecular flexibility index (Phi) is 3.47. The Morgan fingerprint density at radius 3 is 2.59 bits per heavy atom. The molecule has 0 N–H and O–H groups in total. The maximum atomic E-state index is 12.7. The zero-order valence-corrected chi connectivity index (χ0v) is 9.41. The quantitative estimate of drug-likeness (QED) is 0.750. The van der Waals surface area contributed by atoms with Crippen LogP contribution in [0.15, 0.2) is 35.9 Å². The Balaban J connectivity index is 2.09. The van der Waals surface area contributed by atoms with Crippen molar-refractivity contribution in [3.05, 3.63) is 47.3 Å². The van der Waals surface area contributed by atoms with Crippen molar-refractivity contribution in [2.75, 3.05) is 0 Å². The van der Waals surface area contributed by atoms with Crippen molar-refractivity contribution in [2.45, 2.75) is 25.7 Å². The zero-order chi connectivity index (χ0) is 12.3. The van der Waals surface area contributed by atoms with Gasteiger partial charge in [0.25, 0.3) is 0 Å². The molecule has 0 aliphatic heterocycles. The van der Waals surface area contributed by atoms with E-state index < -0.39 is 0 Å². The monoisotopic (exact) mass is 232 g/mol. The second-order valence-electron chi connectivity index (χ2n) is 4.15. The smallest absolute Gasteiger partial charge is 0.167 e. The lowest BCUT2D eigenvalue weighted by Gasteiger charge is -2.10. The molecule has 1 aliphatic carbocycles. The van der Waals surface area contributed by atoms with E-state index in [0.717, 1.165) is 12.8 Å². The van der Waals surface area contributed by atoms with E-state index in [4.69, 9.17) is 0 Å². The number of halogens is 1. The third-order valence-corrected chi connectivity index (χ3v) is 2.87. The van der Waals surface area contributed by atoms with E-state index >= 15 is 0 Å². The number of carbonyl (C=O) groups excluding carboxylic acids is 2. The molecule has 0 amide bonds. The van der Waals surface area contributed by atoms with Gasteiger partial charge in [0.15, 0.2) is 11.6 Å². The number of carbonyl (C=O) groups is 2. The molecule has 88 valence electrons. The standard InChI is InChI=1S/C14H13FO2/c15-12-7-5-10(6-8-12)14(17)9-11-3-1-2-4-13(11)16/h3,5-8H,1-2,4,9H2. The fraction of sp³-hybridized carbons (Fsp3) is 0.286. The van der Waals surface area contributed by atoms with Gasteiger partial charge in [-0.2, -0.15) is 0 Å². The van der Waals surface area contributed by atoms with Gasteiger partial charge in [-0.1, -0.05) is 6.08 Å². The van der Waals surface area contributed by atoms with Crippen LogP contribution in [0.5, 0.6) is 0 Å². The van der Waals surface area contributed by atoms with Gasteiger partial charge in [-0.05, 0) is 42.7 Å². The van der Waals surface area contributed by atoms with Crippen LogP contribution in [0.25, 0.3) is 0 Å². The third-order valence-electron chi connectivity index (χ3n) is 2.87. The van der Waals surface area contributed by atoms with E-state index in [9.17, 15) is 14.0 Å². The second-order valence-corrected chi connectivity index (χ2v) is 4.15. The van der Waals surface area contributed by atoms with Crippen molar-refractivity contribution in [3.63, 3.8) is 0 Å². The summed E-state index contributed by atoms with van der Waals surface area (Å²) in [5.41, 5.74) is 1.05. The number of rotatable bonds is 3. The molecule has 2 rings (SSSR count). The summed E-state index contributed by atoms with van der Waals surface area (Å²) in [6, 6.07) is 5.41. The molecule has 3 heteroatoms. The molecule has 2 nitrogen and oxygen atoms in total. The molecule has 0 atom stereocenters. The lowest BCUT2D eigenvalue weighted by molar-refractivity contribution is -0.116. The Bertz CT molecular complexity index is 472. The van der Waals surface area contributed by atoms with Gasteiger partial charge in [0.1, 0.15) is 5.82 Å². The van der Waals surface area contributed by atoms with Gasteiger partial charge >= 0.3 is 0 Å². The summed E-state index contributed by atoms with van der Waals surface area (Å²) in [5, 5.41) is 0. The SMILES string of the molecule is O=C1CCCC=C1CC(=O)c1ccc(F)cc1. The number of allylic oxidation sites excluding steroid dienone is 2. The first kappa shape index (κ1) is 11.7. The highest BCUT2D eigenvalue weighted by molar-refractivity contribution is 6.05. The molecular weight excluding hydrogens is 219 g/mol. The molecule has 1 aromatic carbocycles. The normalized spacial score (nSPS) is 15.6. The summed E-state index contributed by atoms with van der Waals surface area (Å²) in [4.78, 5) is 23.4. The first-order chi connectivity index (χ1) is 8.16. The molecule has 0 spiro atoms. The number of Topliss-reactive ketones (excluding diaryl/α,β-unsaturated/α-hetero) is 2. The predicted molar refractivity (Wildman–Crippen MR) is 62.3 cm³/mol. The van der Waals surface area contributed by atoms with Gasteiger partial charge in [0.05, 0.1) is 0 Å². The lowest BCUT2D eigenvalue weighted by Crippen LogP contribution is -2.11. The fourth-order valence-corrected chi connectivity index (χ4v) is 1.89. The molecule has 0 unspecified atom stereocenters. The molecule has 0 saturated carbocycles. The maximum absolute atomic E-state index is 12.7. The average molecular weight is 232 g/mol. The van der Waals surface area contributed by atoms with E-state index in [1.165, 1.54) is 24.3 Å². The summed E-state index contributed by atoms with van der Waals surface area (Å²) >= 11 is 0. The van der Waals surface area contributed by atoms with E-state index in [1.807, 2.05) is 6.08 Å². The predicted octanol–water partition coefficient (Wildman–Crippen LogP) is 3.08. The van der Waals surface area contributed by atoms with Crippen LogP contribution < -0.4 is 0 Å². The molecule has 0 radical (unpaired) electrons. The van der Waals surface area contributed by atoms with Crippen LogP contribution in [-0.4, -0.2) is 11.6 Å². The van der Waals surface area contributed by atoms with Crippen LogP contribution in [0.3, 0.4) is 0 Å². The van der Waals surface area contributed by atoms with Gasteiger partial charge in [-0.3, -0.25) is 9.59 Å². The van der Waals surface area contributed by atoms with E-state index in [0.29, 0.717) is 17.6 Å². The van der Waals surface area contributed by atoms with Crippen molar-refractivity contribution in [1.29, 1.82) is 0 Å². The van der Waals surface area contributed by atoms with Crippen molar-refractivity contribution >= 4 is 11.6 Å². The van der Waals surface area contributed by atoms with Gasteiger partial charge in [-0.25, -0.2) is 4.39 Å². The third kappa shape index (κ3) is 2.87. The molecule has 1 aromatic rings. The van der Waals surface area contributed by atoms with Crippen molar-refractivity contribution in [3.8, 4) is 0 Å². The molecule has 0 fully saturated rings. The summed E-state index contributed by atoms with van der Waals surface area (Å²) in [5.74, 6) is -0.437. The molecule has 0 saturated heterocycles. The summed E-state index contributed by atoms with van der Waals surface area (Å²) in [7, 11) is 0. The largest absolute Gasteiger partial charge is 0.295 e.